The Kier molecular flexibility index (Phi) is 5.41. The van der Waals surface area contributed by atoms with Crippen molar-refractivity contribution in [3.8, 4) is 11.4 Å². The summed E-state index contributed by atoms with van der Waals surface area (Å²) in [5.74, 6) is 0.186. The molecular weight excluding hydrogens is 441 g/mol. The second-order valence-corrected chi connectivity index (χ2v) is 9.74. The summed E-state index contributed by atoms with van der Waals surface area (Å²) in [7, 11) is 0. The molecule has 1 saturated heterocycles. The van der Waals surface area contributed by atoms with Crippen LogP contribution >= 0.6 is 0 Å². The molecule has 0 bridgehead atoms. The minimum Gasteiger partial charge on any atom is -0.385 e. The zero-order chi connectivity index (χ0) is 24.0. The summed E-state index contributed by atoms with van der Waals surface area (Å²) >= 11 is 0. The smallest absolute Gasteiger partial charge is 0.274 e. The van der Waals surface area contributed by atoms with Gasteiger partial charge in [-0.3, -0.25) is 9.20 Å². The molecule has 1 saturated carbocycles. The summed E-state index contributed by atoms with van der Waals surface area (Å²) in [5.41, 5.74) is 1.89. The van der Waals surface area contributed by atoms with Crippen LogP contribution < -0.4 is 0 Å². The quantitative estimate of drug-likeness (QED) is 0.435. The zero-order valence-electron chi connectivity index (χ0n) is 19.5. The third-order valence-electron chi connectivity index (χ3n) is 7.86. The molecule has 2 aromatic carbocycles. The predicted molar refractivity (Wildman–Crippen MR) is 132 cm³/mol. The third-order valence-corrected chi connectivity index (χ3v) is 7.86. The standard InChI is InChI=1S/C29H28FN3O2/c30-22-15-13-20(14-16-22)27-31-26(25-12-6-7-18-32(25)27)28(34)33-19-17-29(35,21-8-2-1-3-9-21)23-10-4-5-11-24(23)33/h1-3,6-9,12-16,18,23-24,35H,4-5,10-11,17,19H2/t23-,24+,29?/m0/s1. The number of hydrogen-bond acceptors (Lipinski definition) is 3. The van der Waals surface area contributed by atoms with E-state index >= 15 is 0 Å². The number of carbonyl (C=O) groups excluding carboxylic acids is 1. The lowest BCUT2D eigenvalue weighted by Crippen LogP contribution is -2.59. The van der Waals surface area contributed by atoms with Gasteiger partial charge in [0.25, 0.3) is 5.91 Å². The number of rotatable bonds is 3. The molecule has 35 heavy (non-hydrogen) atoms. The van der Waals surface area contributed by atoms with Gasteiger partial charge in [0.15, 0.2) is 5.69 Å². The number of likely N-dealkylation sites (tertiary alicyclic amines) is 1. The highest BCUT2D eigenvalue weighted by Crippen LogP contribution is 2.47. The van der Waals surface area contributed by atoms with Crippen LogP contribution in [0.5, 0.6) is 0 Å². The molecule has 178 valence electrons. The second kappa shape index (κ2) is 8.61. The highest BCUT2D eigenvalue weighted by Gasteiger charge is 2.50. The molecule has 1 amide bonds. The predicted octanol–water partition coefficient (Wildman–Crippen LogP) is 5.43. The Morgan fingerprint density at radius 2 is 1.71 bits per heavy atom. The largest absolute Gasteiger partial charge is 0.385 e. The lowest BCUT2D eigenvalue weighted by atomic mass is 9.66. The van der Waals surface area contributed by atoms with Gasteiger partial charge in [-0.15, -0.1) is 0 Å². The van der Waals surface area contributed by atoms with E-state index in [4.69, 9.17) is 4.98 Å². The summed E-state index contributed by atoms with van der Waals surface area (Å²) in [6.45, 7) is 0.475. The lowest BCUT2D eigenvalue weighted by molar-refractivity contribution is -0.110. The number of nitrogens with zero attached hydrogens (tertiary/aromatic N) is 3. The van der Waals surface area contributed by atoms with Crippen LogP contribution in [0.4, 0.5) is 4.39 Å². The Labute approximate surface area is 203 Å². The second-order valence-electron chi connectivity index (χ2n) is 9.74. The highest BCUT2D eigenvalue weighted by atomic mass is 19.1. The van der Waals surface area contributed by atoms with Crippen LogP contribution in [0.1, 0.15) is 48.2 Å². The number of halogens is 1. The van der Waals surface area contributed by atoms with Crippen LogP contribution in [-0.4, -0.2) is 37.9 Å². The molecule has 1 aliphatic carbocycles. The number of aromatic nitrogens is 2. The number of benzene rings is 2. The van der Waals surface area contributed by atoms with Crippen LogP contribution in [0.25, 0.3) is 16.9 Å². The van der Waals surface area contributed by atoms with E-state index in [0.717, 1.165) is 42.3 Å². The van der Waals surface area contributed by atoms with Gasteiger partial charge >= 0.3 is 0 Å². The Morgan fingerprint density at radius 1 is 0.971 bits per heavy atom. The molecular formula is C29H28FN3O2. The number of imidazole rings is 1. The first-order chi connectivity index (χ1) is 17.1. The van der Waals surface area contributed by atoms with Gasteiger partial charge in [-0.25, -0.2) is 9.37 Å². The molecule has 1 N–H and O–H groups in total. The maximum absolute atomic E-state index is 14.0. The van der Waals surface area contributed by atoms with Crippen molar-refractivity contribution in [2.45, 2.75) is 43.7 Å². The normalized spacial score (nSPS) is 24.3. The van der Waals surface area contributed by atoms with E-state index in [1.807, 2.05) is 64.0 Å². The van der Waals surface area contributed by atoms with Crippen molar-refractivity contribution in [3.63, 3.8) is 0 Å². The van der Waals surface area contributed by atoms with Gasteiger partial charge in [-0.05, 0) is 61.2 Å². The molecule has 3 heterocycles. The fraction of sp³-hybridized carbons (Fsp3) is 0.310. The van der Waals surface area contributed by atoms with Crippen LogP contribution in [0.2, 0.25) is 0 Å². The molecule has 1 unspecified atom stereocenters. The van der Waals surface area contributed by atoms with Crippen molar-refractivity contribution < 1.29 is 14.3 Å². The van der Waals surface area contributed by atoms with Crippen LogP contribution in [0, 0.1) is 11.7 Å². The lowest BCUT2D eigenvalue weighted by Gasteiger charge is -2.52. The van der Waals surface area contributed by atoms with Gasteiger partial charge < -0.3 is 10.0 Å². The van der Waals surface area contributed by atoms with E-state index in [1.165, 1.54) is 12.1 Å². The first-order valence-corrected chi connectivity index (χ1v) is 12.4. The van der Waals surface area contributed by atoms with Gasteiger partial charge in [0.05, 0.1) is 11.1 Å². The average molecular weight is 470 g/mol. The molecule has 5 nitrogen and oxygen atoms in total. The zero-order valence-corrected chi connectivity index (χ0v) is 19.5. The Bertz CT molecular complexity index is 1370. The Hall–Kier alpha value is -3.51. The average Bonchev–Trinajstić information content (AvgIpc) is 3.29. The minimum atomic E-state index is -0.932. The van der Waals surface area contributed by atoms with Crippen molar-refractivity contribution in [1.82, 2.24) is 14.3 Å². The molecule has 0 radical (unpaired) electrons. The van der Waals surface area contributed by atoms with Gasteiger partial charge in [0.1, 0.15) is 11.6 Å². The summed E-state index contributed by atoms with van der Waals surface area (Å²) in [6, 6.07) is 21.7. The maximum Gasteiger partial charge on any atom is 0.274 e. The number of hydrogen-bond donors (Lipinski definition) is 1. The number of carbonyl (C=O) groups is 1. The molecule has 0 spiro atoms. The van der Waals surface area contributed by atoms with Gasteiger partial charge in [0, 0.05) is 30.3 Å². The highest BCUT2D eigenvalue weighted by molar-refractivity contribution is 6.00. The van der Waals surface area contributed by atoms with Crippen LogP contribution in [0.15, 0.2) is 79.0 Å². The van der Waals surface area contributed by atoms with E-state index in [2.05, 4.69) is 0 Å². The summed E-state index contributed by atoms with van der Waals surface area (Å²) < 4.78 is 15.4. The van der Waals surface area contributed by atoms with Gasteiger partial charge in [0.2, 0.25) is 0 Å². The van der Waals surface area contributed by atoms with E-state index in [0.29, 0.717) is 24.5 Å². The molecule has 3 atom stereocenters. The number of piperidine rings is 1. The fourth-order valence-electron chi connectivity index (χ4n) is 6.15. The molecule has 6 heteroatoms. The first kappa shape index (κ1) is 22.0. The summed E-state index contributed by atoms with van der Waals surface area (Å²) in [5, 5.41) is 11.9. The van der Waals surface area contributed by atoms with Crippen LogP contribution in [0.3, 0.4) is 0 Å². The monoisotopic (exact) mass is 469 g/mol. The van der Waals surface area contributed by atoms with E-state index in [9.17, 15) is 14.3 Å². The summed E-state index contributed by atoms with van der Waals surface area (Å²) in [6.07, 6.45) is 6.25. The molecule has 4 aromatic rings. The number of pyridine rings is 1. The Balaban J connectivity index is 1.39. The van der Waals surface area contributed by atoms with Gasteiger partial charge in [-0.2, -0.15) is 0 Å². The number of fused-ring (bicyclic) bond motifs is 2. The van der Waals surface area contributed by atoms with Crippen molar-refractivity contribution in [3.05, 3.63) is 96.1 Å². The van der Waals surface area contributed by atoms with E-state index < -0.39 is 5.60 Å². The van der Waals surface area contributed by atoms with Crippen LogP contribution in [-0.2, 0) is 5.60 Å². The van der Waals surface area contributed by atoms with E-state index in [-0.39, 0.29) is 23.7 Å². The molecule has 2 aliphatic rings. The number of aliphatic hydroxyl groups is 1. The molecule has 2 aromatic heterocycles. The maximum atomic E-state index is 14.0. The van der Waals surface area contributed by atoms with Crippen molar-refractivity contribution in [2.75, 3.05) is 6.54 Å². The fourth-order valence-corrected chi connectivity index (χ4v) is 6.15. The summed E-state index contributed by atoms with van der Waals surface area (Å²) in [4.78, 5) is 20.8. The Morgan fingerprint density at radius 3 is 2.51 bits per heavy atom. The van der Waals surface area contributed by atoms with Crippen molar-refractivity contribution in [2.24, 2.45) is 5.92 Å². The molecule has 6 rings (SSSR count). The topological polar surface area (TPSA) is 57.8 Å². The third kappa shape index (κ3) is 3.64. The van der Waals surface area contributed by atoms with Crippen molar-refractivity contribution in [1.29, 1.82) is 0 Å². The first-order valence-electron chi connectivity index (χ1n) is 12.4. The SMILES string of the molecule is O=C(c1nc(-c2ccc(F)cc2)n2ccccc12)N1CCC(O)(c2ccccc2)[C@H]2CCCC[C@H]21. The molecule has 1 aliphatic heterocycles. The van der Waals surface area contributed by atoms with E-state index in [1.54, 1.807) is 12.1 Å². The number of amides is 1. The van der Waals surface area contributed by atoms with Crippen molar-refractivity contribution >= 4 is 11.4 Å². The van der Waals surface area contributed by atoms with Gasteiger partial charge in [-0.1, -0.05) is 49.2 Å². The minimum absolute atomic E-state index is 0.0122. The molecule has 2 fully saturated rings.